The topological polar surface area (TPSA) is 102 Å². The molecule has 0 spiro atoms. The minimum atomic E-state index is -0.826. The second-order valence-corrected chi connectivity index (χ2v) is 5.23. The maximum absolute atomic E-state index is 11.7. The van der Waals surface area contributed by atoms with E-state index in [0.29, 0.717) is 31.1 Å². The molecule has 2 heterocycles. The lowest BCUT2D eigenvalue weighted by molar-refractivity contribution is -0.149. The van der Waals surface area contributed by atoms with Crippen molar-refractivity contribution in [2.75, 3.05) is 30.8 Å². The Morgan fingerprint density at radius 2 is 2.43 bits per heavy atom. The van der Waals surface area contributed by atoms with Gasteiger partial charge in [0.25, 0.3) is 0 Å². The smallest absolute Gasteiger partial charge is 0.311 e. The molecule has 1 atom stereocenters. The van der Waals surface area contributed by atoms with Crippen LogP contribution < -0.4 is 15.4 Å². The predicted octanol–water partition coefficient (Wildman–Crippen LogP) is 1.31. The van der Waals surface area contributed by atoms with E-state index in [0.717, 1.165) is 13.0 Å². The minimum Gasteiger partial charge on any atom is -0.481 e. The van der Waals surface area contributed by atoms with Gasteiger partial charge in [0, 0.05) is 19.2 Å². The van der Waals surface area contributed by atoms with Gasteiger partial charge in [0.1, 0.15) is 5.82 Å². The van der Waals surface area contributed by atoms with Crippen molar-refractivity contribution in [1.29, 1.82) is 0 Å². The first kappa shape index (κ1) is 15.1. The van der Waals surface area contributed by atoms with Crippen LogP contribution in [0.25, 0.3) is 0 Å². The first-order valence-electron chi connectivity index (χ1n) is 6.78. The number of aliphatic carboxylic acids is 1. The molecule has 1 fully saturated rings. The number of carboxylic acids is 1. The van der Waals surface area contributed by atoms with Crippen LogP contribution in [-0.4, -0.2) is 41.2 Å². The maximum Gasteiger partial charge on any atom is 0.311 e. The standard InChI is InChI=1S/C14H20N4O3/c1-3-5-14(12(19)20)6-4-7-18(9-14)10-8-11(21-2)17-13(15)16-10/h3,8H,1,4-7,9H2,2H3,(H,19,20)(H2,15,16,17)/t14-/m0/s1. The monoisotopic (exact) mass is 292 g/mol. The summed E-state index contributed by atoms with van der Waals surface area (Å²) in [6, 6.07) is 1.67. The van der Waals surface area contributed by atoms with Gasteiger partial charge in [0.15, 0.2) is 0 Å². The molecule has 1 aliphatic rings. The third-order valence-electron chi connectivity index (χ3n) is 3.81. The van der Waals surface area contributed by atoms with Gasteiger partial charge in [0.2, 0.25) is 11.8 Å². The number of rotatable bonds is 5. The number of piperidine rings is 1. The molecule has 7 heteroatoms. The Balaban J connectivity index is 2.30. The molecular weight excluding hydrogens is 272 g/mol. The van der Waals surface area contributed by atoms with E-state index < -0.39 is 11.4 Å². The molecule has 0 saturated carbocycles. The fraction of sp³-hybridized carbons (Fsp3) is 0.500. The van der Waals surface area contributed by atoms with Gasteiger partial charge in [-0.2, -0.15) is 9.97 Å². The van der Waals surface area contributed by atoms with Gasteiger partial charge >= 0.3 is 5.97 Å². The van der Waals surface area contributed by atoms with Crippen LogP contribution in [-0.2, 0) is 4.79 Å². The van der Waals surface area contributed by atoms with Gasteiger partial charge < -0.3 is 20.5 Å². The third kappa shape index (κ3) is 3.07. The van der Waals surface area contributed by atoms with Gasteiger partial charge in [-0.25, -0.2) is 0 Å². The van der Waals surface area contributed by atoms with Crippen LogP contribution in [0.4, 0.5) is 11.8 Å². The SMILES string of the molecule is C=CC[C@]1(C(=O)O)CCCN(c2cc(OC)nc(N)n2)C1. The van der Waals surface area contributed by atoms with Gasteiger partial charge in [-0.3, -0.25) is 4.79 Å². The molecular formula is C14H20N4O3. The van der Waals surface area contributed by atoms with Crippen LogP contribution in [0.2, 0.25) is 0 Å². The number of allylic oxidation sites excluding steroid dienone is 1. The number of nitrogens with zero attached hydrogens (tertiary/aromatic N) is 3. The number of aromatic nitrogens is 2. The summed E-state index contributed by atoms with van der Waals surface area (Å²) in [6.45, 7) is 4.77. The van der Waals surface area contributed by atoms with Crippen LogP contribution in [0.5, 0.6) is 5.88 Å². The van der Waals surface area contributed by atoms with Crippen molar-refractivity contribution in [3.8, 4) is 5.88 Å². The van der Waals surface area contributed by atoms with Gasteiger partial charge in [0.05, 0.1) is 12.5 Å². The van der Waals surface area contributed by atoms with E-state index in [9.17, 15) is 9.90 Å². The summed E-state index contributed by atoms with van der Waals surface area (Å²) in [7, 11) is 1.50. The van der Waals surface area contributed by atoms with Crippen molar-refractivity contribution in [1.82, 2.24) is 9.97 Å². The van der Waals surface area contributed by atoms with E-state index in [2.05, 4.69) is 16.5 Å². The molecule has 114 valence electrons. The molecule has 0 radical (unpaired) electrons. The zero-order valence-corrected chi connectivity index (χ0v) is 12.1. The van der Waals surface area contributed by atoms with Crippen molar-refractivity contribution in [3.63, 3.8) is 0 Å². The number of anilines is 2. The Hall–Kier alpha value is -2.31. The second kappa shape index (κ2) is 5.99. The van der Waals surface area contributed by atoms with Crippen molar-refractivity contribution < 1.29 is 14.6 Å². The highest BCUT2D eigenvalue weighted by Gasteiger charge is 2.41. The van der Waals surface area contributed by atoms with E-state index in [1.54, 1.807) is 12.1 Å². The Morgan fingerprint density at radius 3 is 3.05 bits per heavy atom. The van der Waals surface area contributed by atoms with Crippen molar-refractivity contribution in [3.05, 3.63) is 18.7 Å². The maximum atomic E-state index is 11.7. The highest BCUT2D eigenvalue weighted by Crippen LogP contribution is 2.36. The lowest BCUT2D eigenvalue weighted by Gasteiger charge is -2.40. The number of nitrogens with two attached hydrogens (primary N) is 1. The van der Waals surface area contributed by atoms with E-state index in [-0.39, 0.29) is 5.95 Å². The summed E-state index contributed by atoms with van der Waals surface area (Å²) in [4.78, 5) is 21.7. The normalized spacial score (nSPS) is 21.9. The molecule has 2 rings (SSSR count). The molecule has 0 bridgehead atoms. The Kier molecular flexibility index (Phi) is 4.30. The number of methoxy groups -OCH3 is 1. The third-order valence-corrected chi connectivity index (χ3v) is 3.81. The highest BCUT2D eigenvalue weighted by atomic mass is 16.5. The van der Waals surface area contributed by atoms with Crippen molar-refractivity contribution in [2.24, 2.45) is 5.41 Å². The summed E-state index contributed by atoms with van der Waals surface area (Å²) in [6.07, 6.45) is 3.48. The van der Waals surface area contributed by atoms with E-state index in [1.165, 1.54) is 7.11 Å². The van der Waals surface area contributed by atoms with Crippen LogP contribution in [0.1, 0.15) is 19.3 Å². The zero-order chi connectivity index (χ0) is 15.5. The fourth-order valence-electron chi connectivity index (χ4n) is 2.73. The lowest BCUT2D eigenvalue weighted by atomic mass is 9.77. The molecule has 0 unspecified atom stereocenters. The van der Waals surface area contributed by atoms with Gasteiger partial charge in [-0.1, -0.05) is 6.08 Å². The van der Waals surface area contributed by atoms with Crippen molar-refractivity contribution >= 4 is 17.7 Å². The molecule has 1 aromatic heterocycles. The average Bonchev–Trinajstić information content (AvgIpc) is 2.47. The van der Waals surface area contributed by atoms with E-state index in [1.807, 2.05) is 4.90 Å². The number of hydrogen-bond donors (Lipinski definition) is 2. The van der Waals surface area contributed by atoms with Gasteiger partial charge in [-0.15, -0.1) is 6.58 Å². The summed E-state index contributed by atoms with van der Waals surface area (Å²) < 4.78 is 5.08. The lowest BCUT2D eigenvalue weighted by Crippen LogP contribution is -2.48. The minimum absolute atomic E-state index is 0.111. The molecule has 0 aliphatic carbocycles. The van der Waals surface area contributed by atoms with Gasteiger partial charge in [-0.05, 0) is 19.3 Å². The molecule has 7 nitrogen and oxygen atoms in total. The quantitative estimate of drug-likeness (QED) is 0.789. The Labute approximate surface area is 123 Å². The molecule has 0 amide bonds. The first-order chi connectivity index (χ1) is 10.0. The summed E-state index contributed by atoms with van der Waals surface area (Å²) in [5, 5.41) is 9.58. The van der Waals surface area contributed by atoms with Crippen LogP contribution >= 0.6 is 0 Å². The van der Waals surface area contributed by atoms with E-state index >= 15 is 0 Å². The fourth-order valence-corrected chi connectivity index (χ4v) is 2.73. The predicted molar refractivity (Wildman–Crippen MR) is 79.3 cm³/mol. The Morgan fingerprint density at radius 1 is 1.67 bits per heavy atom. The Bertz CT molecular complexity index is 549. The van der Waals surface area contributed by atoms with Crippen LogP contribution in [0.15, 0.2) is 18.7 Å². The average molecular weight is 292 g/mol. The zero-order valence-electron chi connectivity index (χ0n) is 12.1. The number of nitrogen functional groups attached to an aromatic ring is 1. The summed E-state index contributed by atoms with van der Waals surface area (Å²) >= 11 is 0. The summed E-state index contributed by atoms with van der Waals surface area (Å²) in [5.74, 6) is 0.266. The molecule has 21 heavy (non-hydrogen) atoms. The van der Waals surface area contributed by atoms with Crippen LogP contribution in [0.3, 0.4) is 0 Å². The number of ether oxygens (including phenoxy) is 1. The second-order valence-electron chi connectivity index (χ2n) is 5.23. The van der Waals surface area contributed by atoms with Crippen LogP contribution in [0, 0.1) is 5.41 Å². The number of carbonyl (C=O) groups is 1. The molecule has 0 aromatic carbocycles. The highest BCUT2D eigenvalue weighted by molar-refractivity contribution is 5.76. The molecule has 1 aliphatic heterocycles. The number of hydrogen-bond acceptors (Lipinski definition) is 6. The molecule has 1 saturated heterocycles. The molecule has 1 aromatic rings. The summed E-state index contributed by atoms with van der Waals surface area (Å²) in [5.41, 5.74) is 4.84. The first-order valence-corrected chi connectivity index (χ1v) is 6.78. The molecule has 3 N–H and O–H groups in total. The van der Waals surface area contributed by atoms with E-state index in [4.69, 9.17) is 10.5 Å². The van der Waals surface area contributed by atoms with Crippen molar-refractivity contribution in [2.45, 2.75) is 19.3 Å². The number of carboxylic acid groups (broad SMARTS) is 1. The largest absolute Gasteiger partial charge is 0.481 e.